The van der Waals surface area contributed by atoms with Gasteiger partial charge in [-0.2, -0.15) is 0 Å². The molecule has 1 aliphatic rings. The molecular formula is C14H16N4O. The van der Waals surface area contributed by atoms with Gasteiger partial charge in [-0.25, -0.2) is 4.98 Å². The molecule has 1 unspecified atom stereocenters. The van der Waals surface area contributed by atoms with Crippen LogP contribution in [0.25, 0.3) is 0 Å². The molecular weight excluding hydrogens is 240 g/mol. The second-order valence-corrected chi connectivity index (χ2v) is 4.62. The fraction of sp³-hybridized carbons (Fsp3) is 0.357. The predicted molar refractivity (Wildman–Crippen MR) is 71.2 cm³/mol. The third-order valence-corrected chi connectivity index (χ3v) is 3.20. The van der Waals surface area contributed by atoms with E-state index in [-0.39, 0.29) is 0 Å². The summed E-state index contributed by atoms with van der Waals surface area (Å²) >= 11 is 0. The van der Waals surface area contributed by atoms with Gasteiger partial charge in [-0.05, 0) is 31.5 Å². The van der Waals surface area contributed by atoms with Gasteiger partial charge < -0.3 is 10.1 Å². The van der Waals surface area contributed by atoms with Crippen LogP contribution in [0.1, 0.15) is 24.5 Å². The number of rotatable bonds is 3. The van der Waals surface area contributed by atoms with Crippen LogP contribution in [0.15, 0.2) is 36.9 Å². The molecule has 1 fully saturated rings. The van der Waals surface area contributed by atoms with Crippen LogP contribution in [-0.2, 0) is 0 Å². The fourth-order valence-electron chi connectivity index (χ4n) is 2.24. The van der Waals surface area contributed by atoms with Gasteiger partial charge in [0.1, 0.15) is 5.75 Å². The molecule has 98 valence electrons. The van der Waals surface area contributed by atoms with Gasteiger partial charge >= 0.3 is 0 Å². The van der Waals surface area contributed by atoms with Crippen LogP contribution in [0, 0.1) is 0 Å². The number of ether oxygens (including phenoxy) is 1. The third kappa shape index (κ3) is 3.06. The minimum atomic E-state index is 0.429. The van der Waals surface area contributed by atoms with Crippen LogP contribution in [-0.4, -0.2) is 28.0 Å². The van der Waals surface area contributed by atoms with Gasteiger partial charge in [0.15, 0.2) is 0 Å². The molecule has 3 rings (SSSR count). The highest BCUT2D eigenvalue weighted by atomic mass is 16.5. The SMILES string of the molecule is c1cncc(Oc2cncc(C3CCCNC3)n2)c1. The van der Waals surface area contributed by atoms with Gasteiger partial charge in [0, 0.05) is 24.9 Å². The normalized spacial score (nSPS) is 19.1. The van der Waals surface area contributed by atoms with Gasteiger partial charge in [-0.1, -0.05) is 0 Å². The maximum absolute atomic E-state index is 5.65. The Bertz CT molecular complexity index is 526. The Kier molecular flexibility index (Phi) is 3.65. The van der Waals surface area contributed by atoms with Crippen molar-refractivity contribution < 1.29 is 4.74 Å². The zero-order valence-corrected chi connectivity index (χ0v) is 10.6. The molecule has 0 spiro atoms. The van der Waals surface area contributed by atoms with Gasteiger partial charge in [0.2, 0.25) is 5.88 Å². The van der Waals surface area contributed by atoms with E-state index in [2.05, 4.69) is 20.3 Å². The lowest BCUT2D eigenvalue weighted by molar-refractivity contribution is 0.431. The molecule has 2 aromatic rings. The minimum Gasteiger partial charge on any atom is -0.436 e. The summed E-state index contributed by atoms with van der Waals surface area (Å²) in [5, 5.41) is 3.38. The quantitative estimate of drug-likeness (QED) is 0.911. The first-order valence-corrected chi connectivity index (χ1v) is 6.52. The Balaban J connectivity index is 1.76. The number of nitrogens with one attached hydrogen (secondary N) is 1. The molecule has 19 heavy (non-hydrogen) atoms. The molecule has 0 saturated carbocycles. The molecule has 1 aliphatic heterocycles. The molecule has 0 aliphatic carbocycles. The Morgan fingerprint density at radius 3 is 3.00 bits per heavy atom. The largest absolute Gasteiger partial charge is 0.436 e. The number of hydrogen-bond acceptors (Lipinski definition) is 5. The second kappa shape index (κ2) is 5.75. The Morgan fingerprint density at radius 1 is 1.21 bits per heavy atom. The summed E-state index contributed by atoms with van der Waals surface area (Å²) < 4.78 is 5.65. The van der Waals surface area contributed by atoms with Crippen molar-refractivity contribution >= 4 is 0 Å². The average molecular weight is 256 g/mol. The molecule has 2 aromatic heterocycles. The van der Waals surface area contributed by atoms with Gasteiger partial charge in [-0.15, -0.1) is 0 Å². The number of nitrogens with zero attached hydrogens (tertiary/aromatic N) is 3. The molecule has 0 radical (unpaired) electrons. The first kappa shape index (κ1) is 12.0. The van der Waals surface area contributed by atoms with E-state index in [9.17, 15) is 0 Å². The van der Waals surface area contributed by atoms with E-state index in [1.165, 1.54) is 6.42 Å². The Labute approximate surface area is 112 Å². The van der Waals surface area contributed by atoms with Crippen molar-refractivity contribution in [2.24, 2.45) is 0 Å². The van der Waals surface area contributed by atoms with Crippen LogP contribution >= 0.6 is 0 Å². The Morgan fingerprint density at radius 2 is 2.21 bits per heavy atom. The van der Waals surface area contributed by atoms with Crippen molar-refractivity contribution in [1.82, 2.24) is 20.3 Å². The zero-order chi connectivity index (χ0) is 12.9. The third-order valence-electron chi connectivity index (χ3n) is 3.20. The predicted octanol–water partition coefficient (Wildman–Crippen LogP) is 2.13. The smallest absolute Gasteiger partial charge is 0.238 e. The highest BCUT2D eigenvalue weighted by molar-refractivity contribution is 5.23. The first-order valence-electron chi connectivity index (χ1n) is 6.52. The lowest BCUT2D eigenvalue weighted by Gasteiger charge is -2.22. The maximum Gasteiger partial charge on any atom is 0.238 e. The second-order valence-electron chi connectivity index (χ2n) is 4.62. The van der Waals surface area contributed by atoms with Gasteiger partial charge in [0.25, 0.3) is 0 Å². The monoisotopic (exact) mass is 256 g/mol. The topological polar surface area (TPSA) is 59.9 Å². The van der Waals surface area contributed by atoms with E-state index >= 15 is 0 Å². The molecule has 5 heteroatoms. The van der Waals surface area contributed by atoms with Crippen LogP contribution in [0.4, 0.5) is 0 Å². The molecule has 0 aromatic carbocycles. The molecule has 1 saturated heterocycles. The van der Waals surface area contributed by atoms with E-state index < -0.39 is 0 Å². The lowest BCUT2D eigenvalue weighted by Crippen LogP contribution is -2.28. The van der Waals surface area contributed by atoms with E-state index in [0.29, 0.717) is 17.5 Å². The van der Waals surface area contributed by atoms with E-state index in [1.807, 2.05) is 18.3 Å². The van der Waals surface area contributed by atoms with Crippen molar-refractivity contribution in [3.05, 3.63) is 42.6 Å². The van der Waals surface area contributed by atoms with Crippen molar-refractivity contribution in [3.63, 3.8) is 0 Å². The summed E-state index contributed by atoms with van der Waals surface area (Å²) in [6, 6.07) is 3.68. The van der Waals surface area contributed by atoms with Crippen molar-refractivity contribution in [3.8, 4) is 11.6 Å². The number of piperidine rings is 1. The molecule has 5 nitrogen and oxygen atoms in total. The number of pyridine rings is 1. The van der Waals surface area contributed by atoms with Crippen molar-refractivity contribution in [2.75, 3.05) is 13.1 Å². The van der Waals surface area contributed by atoms with E-state index in [0.717, 1.165) is 25.2 Å². The standard InChI is InChI=1S/C14H16N4O/c1-3-11(7-15-5-1)13-9-17-10-14(18-13)19-12-4-2-6-16-8-12/h2,4,6,8-11,15H,1,3,5,7H2. The molecule has 3 heterocycles. The lowest BCUT2D eigenvalue weighted by atomic mass is 9.97. The first-order chi connectivity index (χ1) is 9.42. The van der Waals surface area contributed by atoms with Crippen molar-refractivity contribution in [1.29, 1.82) is 0 Å². The maximum atomic E-state index is 5.65. The van der Waals surface area contributed by atoms with Crippen LogP contribution in [0.3, 0.4) is 0 Å². The molecule has 0 amide bonds. The average Bonchev–Trinajstić information content (AvgIpc) is 2.49. The molecule has 1 atom stereocenters. The summed E-state index contributed by atoms with van der Waals surface area (Å²) in [6.45, 7) is 2.06. The summed E-state index contributed by atoms with van der Waals surface area (Å²) in [5.74, 6) is 1.63. The zero-order valence-electron chi connectivity index (χ0n) is 10.6. The summed E-state index contributed by atoms with van der Waals surface area (Å²) in [4.78, 5) is 12.8. The highest BCUT2D eigenvalue weighted by Crippen LogP contribution is 2.24. The summed E-state index contributed by atoms with van der Waals surface area (Å²) in [6.07, 6.45) is 9.16. The van der Waals surface area contributed by atoms with Gasteiger partial charge in [-0.3, -0.25) is 9.97 Å². The summed E-state index contributed by atoms with van der Waals surface area (Å²) in [5.41, 5.74) is 0.994. The van der Waals surface area contributed by atoms with Crippen molar-refractivity contribution in [2.45, 2.75) is 18.8 Å². The minimum absolute atomic E-state index is 0.429. The molecule has 0 bridgehead atoms. The molecule has 1 N–H and O–H groups in total. The number of aromatic nitrogens is 3. The van der Waals surface area contributed by atoms with Crippen LogP contribution < -0.4 is 10.1 Å². The summed E-state index contributed by atoms with van der Waals surface area (Å²) in [7, 11) is 0. The Hall–Kier alpha value is -2.01. The van der Waals surface area contributed by atoms with E-state index in [1.54, 1.807) is 18.6 Å². The fourth-order valence-corrected chi connectivity index (χ4v) is 2.24. The van der Waals surface area contributed by atoms with Crippen LogP contribution in [0.5, 0.6) is 11.6 Å². The van der Waals surface area contributed by atoms with E-state index in [4.69, 9.17) is 4.74 Å². The number of hydrogen-bond donors (Lipinski definition) is 1. The highest BCUT2D eigenvalue weighted by Gasteiger charge is 2.17. The van der Waals surface area contributed by atoms with Gasteiger partial charge in [0.05, 0.1) is 18.1 Å². The van der Waals surface area contributed by atoms with Crippen LogP contribution in [0.2, 0.25) is 0 Å².